The van der Waals surface area contributed by atoms with Gasteiger partial charge in [-0.05, 0) is 6.42 Å². The van der Waals surface area contributed by atoms with E-state index in [1.807, 2.05) is 0 Å². The Labute approximate surface area is 72.5 Å². The quantitative estimate of drug-likeness (QED) is 0.440. The Morgan fingerprint density at radius 3 is 1.92 bits per heavy atom. The Kier molecular flexibility index (Phi) is 5.41. The fourth-order valence-corrected chi connectivity index (χ4v) is 0.914. The summed E-state index contributed by atoms with van der Waals surface area (Å²) in [5, 5.41) is 36.4. The van der Waals surface area contributed by atoms with Gasteiger partial charge in [-0.1, -0.05) is 13.8 Å². The van der Waals surface area contributed by atoms with Gasteiger partial charge in [0.15, 0.2) is 0 Å². The minimum atomic E-state index is -1.17. The summed E-state index contributed by atoms with van der Waals surface area (Å²) in [6, 6.07) is 0. The molecular formula is C8H18O4. The maximum Gasteiger partial charge on any atom is 0.106 e. The lowest BCUT2D eigenvalue weighted by Crippen LogP contribution is -2.41. The molecule has 0 aromatic carbocycles. The van der Waals surface area contributed by atoms with Gasteiger partial charge >= 0.3 is 0 Å². The highest BCUT2D eigenvalue weighted by Crippen LogP contribution is 2.11. The van der Waals surface area contributed by atoms with Gasteiger partial charge in [0.1, 0.15) is 6.10 Å². The molecule has 0 radical (unpaired) electrons. The summed E-state index contributed by atoms with van der Waals surface area (Å²) in [6.07, 6.45) is -2.77. The predicted molar refractivity (Wildman–Crippen MR) is 44.6 cm³/mol. The fourth-order valence-electron chi connectivity index (χ4n) is 0.914. The highest BCUT2D eigenvalue weighted by molar-refractivity contribution is 4.77. The van der Waals surface area contributed by atoms with Gasteiger partial charge in [-0.25, -0.2) is 0 Å². The molecule has 74 valence electrons. The number of rotatable bonds is 5. The first-order valence-corrected chi connectivity index (χ1v) is 4.19. The van der Waals surface area contributed by atoms with Gasteiger partial charge < -0.3 is 20.4 Å². The minimum absolute atomic E-state index is 0.200. The van der Waals surface area contributed by atoms with Crippen LogP contribution in [0.15, 0.2) is 0 Å². The average Bonchev–Trinajstić information content (AvgIpc) is 2.12. The van der Waals surface area contributed by atoms with E-state index in [-0.39, 0.29) is 6.61 Å². The Morgan fingerprint density at radius 1 is 1.08 bits per heavy atom. The fraction of sp³-hybridized carbons (Fsp3) is 1.00. The van der Waals surface area contributed by atoms with Crippen molar-refractivity contribution < 1.29 is 20.4 Å². The third-order valence-corrected chi connectivity index (χ3v) is 2.03. The average molecular weight is 178 g/mol. The number of aliphatic hydroxyl groups is 4. The van der Waals surface area contributed by atoms with Gasteiger partial charge in [-0.3, -0.25) is 0 Å². The topological polar surface area (TPSA) is 80.9 Å². The molecule has 0 rings (SSSR count). The molecule has 4 atom stereocenters. The Bertz CT molecular complexity index is 104. The molecule has 4 nitrogen and oxygen atoms in total. The van der Waals surface area contributed by atoms with Crippen molar-refractivity contribution in [2.24, 2.45) is 5.92 Å². The van der Waals surface area contributed by atoms with E-state index < -0.39 is 24.2 Å². The van der Waals surface area contributed by atoms with E-state index in [4.69, 9.17) is 10.2 Å². The van der Waals surface area contributed by atoms with Gasteiger partial charge in [0.2, 0.25) is 0 Å². The van der Waals surface area contributed by atoms with Crippen LogP contribution in [0.3, 0.4) is 0 Å². The van der Waals surface area contributed by atoms with Crippen molar-refractivity contribution >= 4 is 0 Å². The number of aliphatic hydroxyl groups excluding tert-OH is 4. The summed E-state index contributed by atoms with van der Waals surface area (Å²) >= 11 is 0. The minimum Gasteiger partial charge on any atom is -0.396 e. The predicted octanol–water partition coefficient (Wildman–Crippen LogP) is -0.893. The van der Waals surface area contributed by atoms with E-state index >= 15 is 0 Å². The molecule has 0 aliphatic heterocycles. The summed E-state index contributed by atoms with van der Waals surface area (Å²) in [5.74, 6) is -0.416. The highest BCUT2D eigenvalue weighted by atomic mass is 16.4. The van der Waals surface area contributed by atoms with E-state index in [2.05, 4.69) is 0 Å². The van der Waals surface area contributed by atoms with E-state index in [0.717, 1.165) is 0 Å². The maximum atomic E-state index is 9.32. The summed E-state index contributed by atoms with van der Waals surface area (Å²) in [5.41, 5.74) is 0. The molecule has 0 saturated carbocycles. The van der Waals surface area contributed by atoms with Crippen molar-refractivity contribution in [3.63, 3.8) is 0 Å². The lowest BCUT2D eigenvalue weighted by atomic mass is 9.96. The van der Waals surface area contributed by atoms with E-state index in [1.165, 1.54) is 0 Å². The molecule has 0 aliphatic rings. The summed E-state index contributed by atoms with van der Waals surface area (Å²) in [6.45, 7) is 3.12. The highest BCUT2D eigenvalue weighted by Gasteiger charge is 2.27. The lowest BCUT2D eigenvalue weighted by Gasteiger charge is -2.25. The maximum absolute atomic E-state index is 9.32. The molecule has 4 heteroatoms. The summed E-state index contributed by atoms with van der Waals surface area (Å²) < 4.78 is 0. The van der Waals surface area contributed by atoms with E-state index in [1.54, 1.807) is 13.8 Å². The largest absolute Gasteiger partial charge is 0.396 e. The third-order valence-electron chi connectivity index (χ3n) is 2.03. The van der Waals surface area contributed by atoms with Gasteiger partial charge in [0.05, 0.1) is 12.2 Å². The summed E-state index contributed by atoms with van der Waals surface area (Å²) in [4.78, 5) is 0. The monoisotopic (exact) mass is 178 g/mol. The molecule has 0 amide bonds. The van der Waals surface area contributed by atoms with Crippen LogP contribution in [0.25, 0.3) is 0 Å². The second-order valence-corrected chi connectivity index (χ2v) is 3.12. The first-order valence-electron chi connectivity index (χ1n) is 4.19. The number of hydrogen-bond acceptors (Lipinski definition) is 4. The van der Waals surface area contributed by atoms with Crippen LogP contribution in [0.4, 0.5) is 0 Å². The van der Waals surface area contributed by atoms with Gasteiger partial charge in [-0.15, -0.1) is 0 Å². The second kappa shape index (κ2) is 5.48. The molecule has 0 spiro atoms. The molecule has 0 heterocycles. The smallest absolute Gasteiger partial charge is 0.106 e. The van der Waals surface area contributed by atoms with Gasteiger partial charge in [0, 0.05) is 12.5 Å². The van der Waals surface area contributed by atoms with E-state index in [0.29, 0.717) is 6.42 Å². The van der Waals surface area contributed by atoms with Crippen molar-refractivity contribution in [3.8, 4) is 0 Å². The number of hydrogen-bond donors (Lipinski definition) is 4. The van der Waals surface area contributed by atoms with Crippen molar-refractivity contribution in [1.29, 1.82) is 0 Å². The Morgan fingerprint density at radius 2 is 1.58 bits per heavy atom. The van der Waals surface area contributed by atoms with Crippen LogP contribution in [0.2, 0.25) is 0 Å². The molecule has 0 saturated heterocycles. The molecule has 0 aromatic rings. The van der Waals surface area contributed by atoms with Crippen LogP contribution in [0.1, 0.15) is 20.3 Å². The zero-order chi connectivity index (χ0) is 9.72. The van der Waals surface area contributed by atoms with Crippen molar-refractivity contribution in [1.82, 2.24) is 0 Å². The Balaban J connectivity index is 3.99. The van der Waals surface area contributed by atoms with Crippen LogP contribution >= 0.6 is 0 Å². The normalized spacial score (nSPS) is 21.5. The van der Waals surface area contributed by atoms with Crippen LogP contribution in [0, 0.1) is 5.92 Å². The molecule has 0 bridgehead atoms. The van der Waals surface area contributed by atoms with Crippen LogP contribution < -0.4 is 0 Å². The molecule has 4 N–H and O–H groups in total. The Hall–Kier alpha value is -0.160. The molecule has 12 heavy (non-hydrogen) atoms. The molecule has 0 aromatic heterocycles. The van der Waals surface area contributed by atoms with Crippen molar-refractivity contribution in [2.75, 3.05) is 6.61 Å². The molecular weight excluding hydrogens is 160 g/mol. The third kappa shape index (κ3) is 3.06. The molecule has 2 unspecified atom stereocenters. The van der Waals surface area contributed by atoms with Gasteiger partial charge in [-0.2, -0.15) is 0 Å². The SMILES string of the molecule is CC[C@@H](O)C(O)[C@H](O)C(C)CO. The van der Waals surface area contributed by atoms with Crippen molar-refractivity contribution in [2.45, 2.75) is 38.6 Å². The lowest BCUT2D eigenvalue weighted by molar-refractivity contribution is -0.0855. The molecule has 0 fully saturated rings. The molecule has 0 aliphatic carbocycles. The van der Waals surface area contributed by atoms with Crippen molar-refractivity contribution in [3.05, 3.63) is 0 Å². The zero-order valence-corrected chi connectivity index (χ0v) is 7.51. The first kappa shape index (κ1) is 11.8. The van der Waals surface area contributed by atoms with E-state index in [9.17, 15) is 10.2 Å². The van der Waals surface area contributed by atoms with Crippen LogP contribution in [-0.4, -0.2) is 45.3 Å². The standard InChI is InChI=1S/C8H18O4/c1-3-6(10)8(12)7(11)5(2)4-9/h5-12H,3-4H2,1-2H3/t5?,6-,7-,8?/m1/s1. The van der Waals surface area contributed by atoms with Gasteiger partial charge in [0.25, 0.3) is 0 Å². The van der Waals surface area contributed by atoms with Crippen LogP contribution in [0.5, 0.6) is 0 Å². The van der Waals surface area contributed by atoms with Crippen LogP contribution in [-0.2, 0) is 0 Å². The summed E-state index contributed by atoms with van der Waals surface area (Å²) in [7, 11) is 0. The first-order chi connectivity index (χ1) is 5.54. The second-order valence-electron chi connectivity index (χ2n) is 3.12. The zero-order valence-electron chi connectivity index (χ0n) is 7.51.